The van der Waals surface area contributed by atoms with Crippen molar-refractivity contribution in [2.45, 2.75) is 0 Å². The van der Waals surface area contributed by atoms with Gasteiger partial charge in [-0.2, -0.15) is 0 Å². The summed E-state index contributed by atoms with van der Waals surface area (Å²) in [6.07, 6.45) is 0. The van der Waals surface area contributed by atoms with E-state index in [2.05, 4.69) is 5.32 Å². The van der Waals surface area contributed by atoms with E-state index < -0.39 is 10.8 Å². The molecule has 0 atom stereocenters. The summed E-state index contributed by atoms with van der Waals surface area (Å²) in [7, 11) is 1.33. The molecule has 108 valence electrons. The van der Waals surface area contributed by atoms with E-state index in [1.54, 1.807) is 24.3 Å². The van der Waals surface area contributed by atoms with Crippen molar-refractivity contribution in [3.63, 3.8) is 0 Å². The summed E-state index contributed by atoms with van der Waals surface area (Å²) in [4.78, 5) is 22.4. The van der Waals surface area contributed by atoms with E-state index in [1.165, 1.54) is 25.3 Å². The Morgan fingerprint density at radius 3 is 2.48 bits per heavy atom. The number of anilines is 1. The zero-order valence-electron chi connectivity index (χ0n) is 11.0. The highest BCUT2D eigenvalue weighted by Gasteiger charge is 2.18. The summed E-state index contributed by atoms with van der Waals surface area (Å²) < 4.78 is 4.88. The number of halogens is 1. The maximum Gasteiger partial charge on any atom is 0.311 e. The average Bonchev–Trinajstić information content (AvgIpc) is 2.48. The van der Waals surface area contributed by atoms with Crippen molar-refractivity contribution in [1.29, 1.82) is 0 Å². The highest BCUT2D eigenvalue weighted by molar-refractivity contribution is 6.30. The third-order valence-corrected chi connectivity index (χ3v) is 2.99. The van der Waals surface area contributed by atoms with Crippen LogP contribution in [-0.4, -0.2) is 17.9 Å². The number of hydrogen-bond acceptors (Lipinski definition) is 4. The van der Waals surface area contributed by atoms with Crippen LogP contribution >= 0.6 is 11.6 Å². The molecule has 2 aromatic carbocycles. The molecule has 2 rings (SSSR count). The second-order valence-electron chi connectivity index (χ2n) is 4.10. The minimum absolute atomic E-state index is 0.100. The molecule has 1 N–H and O–H groups in total. The number of benzene rings is 2. The smallest absolute Gasteiger partial charge is 0.311 e. The van der Waals surface area contributed by atoms with Gasteiger partial charge in [-0.05, 0) is 36.4 Å². The molecule has 0 heterocycles. The first kappa shape index (κ1) is 14.8. The van der Waals surface area contributed by atoms with Gasteiger partial charge in [-0.15, -0.1) is 0 Å². The fraction of sp³-hybridized carbons (Fsp3) is 0.0714. The van der Waals surface area contributed by atoms with Gasteiger partial charge in [-0.25, -0.2) is 0 Å². The van der Waals surface area contributed by atoms with Crippen molar-refractivity contribution in [1.82, 2.24) is 0 Å². The molecule has 0 radical (unpaired) electrons. The standard InChI is InChI=1S/C14H11ClN2O4/c1-21-13-7-2-9(8-12(13)17(19)20)14(18)16-11-5-3-10(15)4-6-11/h2-8H,1H3,(H,16,18). The summed E-state index contributed by atoms with van der Waals surface area (Å²) in [5.74, 6) is -0.355. The molecular weight excluding hydrogens is 296 g/mol. The van der Waals surface area contributed by atoms with Gasteiger partial charge in [-0.1, -0.05) is 11.6 Å². The molecule has 0 aromatic heterocycles. The van der Waals surface area contributed by atoms with Gasteiger partial charge in [0.15, 0.2) is 5.75 Å². The molecule has 2 aromatic rings. The van der Waals surface area contributed by atoms with E-state index in [0.29, 0.717) is 10.7 Å². The number of nitrogens with one attached hydrogen (secondary N) is 1. The number of nitro groups is 1. The van der Waals surface area contributed by atoms with Crippen molar-refractivity contribution in [2.75, 3.05) is 12.4 Å². The number of hydrogen-bond donors (Lipinski definition) is 1. The average molecular weight is 307 g/mol. The molecule has 1 amide bonds. The van der Waals surface area contributed by atoms with Gasteiger partial charge in [0.05, 0.1) is 12.0 Å². The van der Waals surface area contributed by atoms with Crippen molar-refractivity contribution in [3.8, 4) is 5.75 Å². The monoisotopic (exact) mass is 306 g/mol. The van der Waals surface area contributed by atoms with Crippen molar-refractivity contribution in [3.05, 3.63) is 63.2 Å². The Bertz CT molecular complexity index is 686. The zero-order chi connectivity index (χ0) is 15.4. The number of carbonyl (C=O) groups is 1. The first-order chi connectivity index (χ1) is 10.0. The predicted molar refractivity (Wildman–Crippen MR) is 79.1 cm³/mol. The van der Waals surface area contributed by atoms with Crippen LogP contribution in [0.5, 0.6) is 5.75 Å². The van der Waals surface area contributed by atoms with Gasteiger partial charge < -0.3 is 10.1 Å². The molecule has 0 aliphatic heterocycles. The van der Waals surface area contributed by atoms with Gasteiger partial charge in [-0.3, -0.25) is 14.9 Å². The van der Waals surface area contributed by atoms with Gasteiger partial charge in [0, 0.05) is 22.3 Å². The van der Waals surface area contributed by atoms with Gasteiger partial charge in [0.1, 0.15) is 0 Å². The number of amides is 1. The summed E-state index contributed by atoms with van der Waals surface area (Å²) in [6.45, 7) is 0. The molecule has 0 unspecified atom stereocenters. The number of nitrogens with zero attached hydrogens (tertiary/aromatic N) is 1. The van der Waals surface area contributed by atoms with Crippen molar-refractivity contribution >= 4 is 28.9 Å². The molecule has 0 saturated heterocycles. The lowest BCUT2D eigenvalue weighted by atomic mass is 10.1. The lowest BCUT2D eigenvalue weighted by molar-refractivity contribution is -0.385. The van der Waals surface area contributed by atoms with E-state index in [0.717, 1.165) is 0 Å². The first-order valence-corrected chi connectivity index (χ1v) is 6.28. The summed E-state index contributed by atoms with van der Waals surface area (Å²) in [6, 6.07) is 10.5. The fourth-order valence-corrected chi connectivity index (χ4v) is 1.84. The Hall–Kier alpha value is -2.60. The number of methoxy groups -OCH3 is 1. The van der Waals surface area contributed by atoms with Crippen LogP contribution < -0.4 is 10.1 Å². The molecule has 0 aliphatic carbocycles. The summed E-state index contributed by atoms with van der Waals surface area (Å²) in [5.41, 5.74) is 0.446. The lowest BCUT2D eigenvalue weighted by Crippen LogP contribution is -2.12. The van der Waals surface area contributed by atoms with Crippen molar-refractivity contribution < 1.29 is 14.5 Å². The van der Waals surface area contributed by atoms with E-state index in [4.69, 9.17) is 16.3 Å². The first-order valence-electron chi connectivity index (χ1n) is 5.90. The minimum atomic E-state index is -0.599. The highest BCUT2D eigenvalue weighted by atomic mass is 35.5. The largest absolute Gasteiger partial charge is 0.490 e. The van der Waals surface area contributed by atoms with Crippen LogP contribution in [0.4, 0.5) is 11.4 Å². The van der Waals surface area contributed by atoms with E-state index in [-0.39, 0.29) is 17.0 Å². The van der Waals surface area contributed by atoms with Crippen LogP contribution in [0.3, 0.4) is 0 Å². The van der Waals surface area contributed by atoms with Crippen LogP contribution in [0.2, 0.25) is 5.02 Å². The van der Waals surface area contributed by atoms with Crippen molar-refractivity contribution in [2.24, 2.45) is 0 Å². The molecule has 0 fully saturated rings. The van der Waals surface area contributed by atoms with Crippen LogP contribution in [-0.2, 0) is 0 Å². The van der Waals surface area contributed by atoms with Gasteiger partial charge in [0.2, 0.25) is 0 Å². The molecule has 21 heavy (non-hydrogen) atoms. The van der Waals surface area contributed by atoms with E-state index in [9.17, 15) is 14.9 Å². The molecular formula is C14H11ClN2O4. The van der Waals surface area contributed by atoms with Crippen LogP contribution in [0.1, 0.15) is 10.4 Å². The second-order valence-corrected chi connectivity index (χ2v) is 4.54. The molecule has 6 nitrogen and oxygen atoms in total. The third kappa shape index (κ3) is 3.49. The highest BCUT2D eigenvalue weighted by Crippen LogP contribution is 2.27. The van der Waals surface area contributed by atoms with Crippen LogP contribution in [0.15, 0.2) is 42.5 Å². The lowest BCUT2D eigenvalue weighted by Gasteiger charge is -2.07. The Morgan fingerprint density at radius 2 is 1.90 bits per heavy atom. The topological polar surface area (TPSA) is 81.5 Å². The SMILES string of the molecule is COc1ccc(C(=O)Nc2ccc(Cl)cc2)cc1[N+](=O)[O-]. The zero-order valence-corrected chi connectivity index (χ0v) is 11.8. The number of ether oxygens (including phenoxy) is 1. The second kappa shape index (κ2) is 6.23. The Kier molecular flexibility index (Phi) is 4.39. The summed E-state index contributed by atoms with van der Waals surface area (Å²) >= 11 is 5.75. The normalized spacial score (nSPS) is 10.0. The molecule has 0 aliphatic rings. The quantitative estimate of drug-likeness (QED) is 0.692. The maximum atomic E-state index is 12.1. The minimum Gasteiger partial charge on any atom is -0.490 e. The third-order valence-electron chi connectivity index (χ3n) is 2.74. The fourth-order valence-electron chi connectivity index (χ4n) is 1.71. The van der Waals surface area contributed by atoms with Crippen LogP contribution in [0, 0.1) is 10.1 Å². The number of rotatable bonds is 4. The van der Waals surface area contributed by atoms with Gasteiger partial charge >= 0.3 is 5.69 Å². The predicted octanol–water partition coefficient (Wildman–Crippen LogP) is 3.51. The molecule has 7 heteroatoms. The van der Waals surface area contributed by atoms with Gasteiger partial charge in [0.25, 0.3) is 5.91 Å². The Balaban J connectivity index is 2.25. The molecule has 0 spiro atoms. The maximum absolute atomic E-state index is 12.1. The molecule has 0 saturated carbocycles. The number of nitro benzene ring substituents is 1. The van der Waals surface area contributed by atoms with E-state index >= 15 is 0 Å². The number of carbonyl (C=O) groups excluding carboxylic acids is 1. The summed E-state index contributed by atoms with van der Waals surface area (Å²) in [5, 5.41) is 14.1. The Morgan fingerprint density at radius 1 is 1.24 bits per heavy atom. The Labute approximate surface area is 125 Å². The molecule has 0 bridgehead atoms. The van der Waals surface area contributed by atoms with Crippen LogP contribution in [0.25, 0.3) is 0 Å². The van der Waals surface area contributed by atoms with E-state index in [1.807, 2.05) is 0 Å².